The molecule has 0 bridgehead atoms. The van der Waals surface area contributed by atoms with E-state index in [4.69, 9.17) is 9.47 Å². The molecule has 5 nitrogen and oxygen atoms in total. The second kappa shape index (κ2) is 8.18. The number of aliphatic hydroxyl groups excluding tert-OH is 1. The summed E-state index contributed by atoms with van der Waals surface area (Å²) in [6, 6.07) is 11.2. The number of esters is 1. The van der Waals surface area contributed by atoms with E-state index in [1.54, 1.807) is 56.0 Å². The maximum absolute atomic E-state index is 13.2. The first-order chi connectivity index (χ1) is 14.0. The molecule has 0 aromatic heterocycles. The van der Waals surface area contributed by atoms with E-state index in [0.717, 1.165) is 12.1 Å². The lowest BCUT2D eigenvalue weighted by atomic mass is 9.84. The van der Waals surface area contributed by atoms with Gasteiger partial charge < -0.3 is 19.5 Å². The summed E-state index contributed by atoms with van der Waals surface area (Å²) in [5.74, 6) is -0.485. The molecule has 30 heavy (non-hydrogen) atoms. The molecule has 1 aliphatic heterocycles. The van der Waals surface area contributed by atoms with Crippen molar-refractivity contribution in [3.8, 4) is 5.75 Å². The number of aliphatic hydroxyl groups is 1. The van der Waals surface area contributed by atoms with Crippen molar-refractivity contribution in [3.05, 3.63) is 59.7 Å². The minimum absolute atomic E-state index is 0.0231. The van der Waals surface area contributed by atoms with Gasteiger partial charge >= 0.3 is 12.1 Å². The summed E-state index contributed by atoms with van der Waals surface area (Å²) in [4.78, 5) is 13.9. The normalized spacial score (nSPS) is 20.1. The van der Waals surface area contributed by atoms with Crippen molar-refractivity contribution < 1.29 is 32.5 Å². The highest BCUT2D eigenvalue weighted by Gasteiger charge is 2.47. The first kappa shape index (κ1) is 22.0. The molecule has 1 heterocycles. The van der Waals surface area contributed by atoms with E-state index in [0.29, 0.717) is 11.3 Å². The third-order valence-electron chi connectivity index (χ3n) is 5.07. The molecule has 0 amide bonds. The van der Waals surface area contributed by atoms with Gasteiger partial charge in [-0.05, 0) is 45.0 Å². The standard InChI is InChI=1S/C22H24F3NO4/c1-4-29-18(27)13-26(15-8-6-5-7-9-15)19-16-11-10-14(22(23,24)25)12-17(16)30-21(2,3)20(19)28/h5-12,19-20,28H,4,13H2,1-3H3/t19-,20+/m0/s1. The van der Waals surface area contributed by atoms with Crippen LogP contribution in [-0.2, 0) is 15.7 Å². The largest absolute Gasteiger partial charge is 0.485 e. The highest BCUT2D eigenvalue weighted by atomic mass is 19.4. The third-order valence-corrected chi connectivity index (χ3v) is 5.07. The molecule has 1 N–H and O–H groups in total. The van der Waals surface area contributed by atoms with Crippen LogP contribution in [0.3, 0.4) is 0 Å². The molecule has 8 heteroatoms. The quantitative estimate of drug-likeness (QED) is 0.725. The zero-order valence-corrected chi connectivity index (χ0v) is 16.9. The van der Waals surface area contributed by atoms with Gasteiger partial charge in [-0.25, -0.2) is 0 Å². The van der Waals surface area contributed by atoms with E-state index in [1.807, 2.05) is 0 Å². The fraction of sp³-hybridized carbons (Fsp3) is 0.409. The van der Waals surface area contributed by atoms with E-state index < -0.39 is 35.5 Å². The fourth-order valence-corrected chi connectivity index (χ4v) is 3.59. The molecule has 0 saturated carbocycles. The van der Waals surface area contributed by atoms with Crippen LogP contribution < -0.4 is 9.64 Å². The zero-order valence-electron chi connectivity index (χ0n) is 16.9. The van der Waals surface area contributed by atoms with Crippen LogP contribution in [0.5, 0.6) is 5.75 Å². The Morgan fingerprint density at radius 3 is 2.47 bits per heavy atom. The van der Waals surface area contributed by atoms with E-state index in [2.05, 4.69) is 0 Å². The molecule has 2 aromatic carbocycles. The molecule has 0 radical (unpaired) electrons. The van der Waals surface area contributed by atoms with Crippen LogP contribution >= 0.6 is 0 Å². The average Bonchev–Trinajstić information content (AvgIpc) is 2.67. The Bertz CT molecular complexity index is 899. The summed E-state index contributed by atoms with van der Waals surface area (Å²) in [7, 11) is 0. The Labute approximate surface area is 173 Å². The molecule has 162 valence electrons. The first-order valence-corrected chi connectivity index (χ1v) is 9.60. The van der Waals surface area contributed by atoms with Crippen molar-refractivity contribution >= 4 is 11.7 Å². The molecule has 2 aromatic rings. The summed E-state index contributed by atoms with van der Waals surface area (Å²) in [5, 5.41) is 11.1. The van der Waals surface area contributed by atoms with Gasteiger partial charge in [-0.2, -0.15) is 13.2 Å². The Kier molecular flexibility index (Phi) is 5.99. The minimum Gasteiger partial charge on any atom is -0.485 e. The van der Waals surface area contributed by atoms with Crippen LogP contribution in [0.25, 0.3) is 0 Å². The predicted octanol–water partition coefficient (Wildman–Crippen LogP) is 4.35. The van der Waals surface area contributed by atoms with Crippen molar-refractivity contribution in [2.75, 3.05) is 18.1 Å². The maximum atomic E-state index is 13.2. The second-order valence-electron chi connectivity index (χ2n) is 7.61. The van der Waals surface area contributed by atoms with Gasteiger partial charge in [0.2, 0.25) is 0 Å². The number of anilines is 1. The van der Waals surface area contributed by atoms with Gasteiger partial charge in [-0.3, -0.25) is 4.79 Å². The lowest BCUT2D eigenvalue weighted by Crippen LogP contribution is -2.54. The van der Waals surface area contributed by atoms with Crippen LogP contribution in [0.4, 0.5) is 18.9 Å². The topological polar surface area (TPSA) is 59.0 Å². The summed E-state index contributed by atoms with van der Waals surface area (Å²) < 4.78 is 50.5. The summed E-state index contributed by atoms with van der Waals surface area (Å²) in [6.07, 6.45) is -5.66. The average molecular weight is 423 g/mol. The zero-order chi connectivity index (χ0) is 22.1. The van der Waals surface area contributed by atoms with Crippen LogP contribution in [0.1, 0.15) is 37.9 Å². The van der Waals surface area contributed by atoms with E-state index in [1.165, 1.54) is 6.07 Å². The lowest BCUT2D eigenvalue weighted by Gasteiger charge is -2.47. The predicted molar refractivity (Wildman–Crippen MR) is 105 cm³/mol. The number of para-hydroxylation sites is 1. The molecule has 0 aliphatic carbocycles. The number of ether oxygens (including phenoxy) is 2. The number of benzene rings is 2. The van der Waals surface area contributed by atoms with Crippen molar-refractivity contribution in [1.82, 2.24) is 0 Å². The van der Waals surface area contributed by atoms with Crippen LogP contribution in [0.15, 0.2) is 48.5 Å². The fourth-order valence-electron chi connectivity index (χ4n) is 3.59. The number of rotatable bonds is 5. The van der Waals surface area contributed by atoms with Crippen molar-refractivity contribution in [3.63, 3.8) is 0 Å². The van der Waals surface area contributed by atoms with Gasteiger partial charge in [0.15, 0.2) is 0 Å². The van der Waals surface area contributed by atoms with Crippen molar-refractivity contribution in [2.45, 2.75) is 44.7 Å². The van der Waals surface area contributed by atoms with Gasteiger partial charge in [0.25, 0.3) is 0 Å². The number of hydrogen-bond donors (Lipinski definition) is 1. The molecule has 0 spiro atoms. The number of hydrogen-bond acceptors (Lipinski definition) is 5. The smallest absolute Gasteiger partial charge is 0.416 e. The summed E-state index contributed by atoms with van der Waals surface area (Å²) in [5.41, 5.74) is -1.05. The number of halogens is 3. The van der Waals surface area contributed by atoms with Crippen LogP contribution in [0, 0.1) is 0 Å². The number of alkyl halides is 3. The number of carbonyl (C=O) groups is 1. The van der Waals surface area contributed by atoms with Crippen LogP contribution in [0.2, 0.25) is 0 Å². The second-order valence-corrected chi connectivity index (χ2v) is 7.61. The molecular formula is C22H24F3NO4. The van der Waals surface area contributed by atoms with E-state index in [-0.39, 0.29) is 18.9 Å². The first-order valence-electron chi connectivity index (χ1n) is 9.60. The number of carbonyl (C=O) groups excluding carboxylic acids is 1. The Hall–Kier alpha value is -2.74. The lowest BCUT2D eigenvalue weighted by molar-refractivity contribution is -0.142. The van der Waals surface area contributed by atoms with Crippen molar-refractivity contribution in [2.24, 2.45) is 0 Å². The number of fused-ring (bicyclic) bond motifs is 1. The molecule has 0 saturated heterocycles. The van der Waals surface area contributed by atoms with Gasteiger partial charge in [0.05, 0.1) is 18.2 Å². The third kappa shape index (κ3) is 4.38. The van der Waals surface area contributed by atoms with Crippen LogP contribution in [-0.4, -0.2) is 35.9 Å². The van der Waals surface area contributed by atoms with E-state index in [9.17, 15) is 23.1 Å². The SMILES string of the molecule is CCOC(=O)CN(c1ccccc1)[C@H]1c2ccc(C(F)(F)F)cc2OC(C)(C)[C@@H]1O. The summed E-state index contributed by atoms with van der Waals surface area (Å²) in [6.45, 7) is 4.89. The van der Waals surface area contributed by atoms with Gasteiger partial charge in [0.1, 0.15) is 24.0 Å². The molecule has 0 fully saturated rings. The molecule has 3 rings (SSSR count). The van der Waals surface area contributed by atoms with Gasteiger partial charge in [0, 0.05) is 11.3 Å². The Morgan fingerprint density at radius 1 is 1.20 bits per heavy atom. The Balaban J connectivity index is 2.13. The van der Waals surface area contributed by atoms with E-state index >= 15 is 0 Å². The maximum Gasteiger partial charge on any atom is 0.416 e. The summed E-state index contributed by atoms with van der Waals surface area (Å²) >= 11 is 0. The molecular weight excluding hydrogens is 399 g/mol. The molecule has 0 unspecified atom stereocenters. The minimum atomic E-state index is -4.53. The van der Waals surface area contributed by atoms with Crippen molar-refractivity contribution in [1.29, 1.82) is 0 Å². The Morgan fingerprint density at radius 2 is 1.87 bits per heavy atom. The van der Waals surface area contributed by atoms with Gasteiger partial charge in [-0.1, -0.05) is 24.3 Å². The highest BCUT2D eigenvalue weighted by molar-refractivity contribution is 5.76. The molecule has 1 aliphatic rings. The number of nitrogens with zero attached hydrogens (tertiary/aromatic N) is 1. The highest BCUT2D eigenvalue weighted by Crippen LogP contribution is 2.46. The van der Waals surface area contributed by atoms with Gasteiger partial charge in [-0.15, -0.1) is 0 Å². The monoisotopic (exact) mass is 423 g/mol. The molecule has 2 atom stereocenters.